The van der Waals surface area contributed by atoms with E-state index in [4.69, 9.17) is 11.6 Å². The van der Waals surface area contributed by atoms with Gasteiger partial charge in [-0.25, -0.2) is 0 Å². The predicted octanol–water partition coefficient (Wildman–Crippen LogP) is 3.38. The van der Waals surface area contributed by atoms with Gasteiger partial charge in [-0.05, 0) is 30.4 Å². The molecule has 2 aromatic heterocycles. The van der Waals surface area contributed by atoms with Crippen LogP contribution in [0.4, 0.5) is 0 Å². The standard InChI is InChI=1S/C17H18ClN5O/c18-16-7-15(21-22-16)17(24)23(9-11-3-1-4-11)10-12-5-2-6-14-13(12)8-19-20-14/h2,5-8,11H,1,3-4,9-10H2,(H,19,20)(H,21,22). The van der Waals surface area contributed by atoms with Gasteiger partial charge in [-0.2, -0.15) is 10.2 Å². The molecule has 6 nitrogen and oxygen atoms in total. The van der Waals surface area contributed by atoms with Crippen LogP contribution in [0, 0.1) is 5.92 Å². The lowest BCUT2D eigenvalue weighted by Crippen LogP contribution is -2.37. The molecular weight excluding hydrogens is 326 g/mol. The summed E-state index contributed by atoms with van der Waals surface area (Å²) < 4.78 is 0. The number of benzene rings is 1. The lowest BCUT2D eigenvalue weighted by molar-refractivity contribution is 0.0674. The van der Waals surface area contributed by atoms with Crippen LogP contribution in [0.15, 0.2) is 30.5 Å². The number of nitrogens with one attached hydrogen (secondary N) is 2. The van der Waals surface area contributed by atoms with Crippen LogP contribution in [-0.4, -0.2) is 37.7 Å². The van der Waals surface area contributed by atoms with Crippen molar-refractivity contribution in [3.8, 4) is 0 Å². The number of H-pyrrole nitrogens is 2. The minimum Gasteiger partial charge on any atom is -0.333 e. The number of fused-ring (bicyclic) bond motifs is 1. The van der Waals surface area contributed by atoms with Crippen LogP contribution in [0.25, 0.3) is 10.9 Å². The van der Waals surface area contributed by atoms with Crippen molar-refractivity contribution in [1.82, 2.24) is 25.3 Å². The van der Waals surface area contributed by atoms with E-state index >= 15 is 0 Å². The van der Waals surface area contributed by atoms with Crippen LogP contribution < -0.4 is 0 Å². The van der Waals surface area contributed by atoms with Gasteiger partial charge >= 0.3 is 0 Å². The van der Waals surface area contributed by atoms with E-state index < -0.39 is 0 Å². The first-order valence-corrected chi connectivity index (χ1v) is 8.49. The van der Waals surface area contributed by atoms with E-state index in [1.807, 2.05) is 29.3 Å². The summed E-state index contributed by atoms with van der Waals surface area (Å²) in [6.07, 6.45) is 5.42. The summed E-state index contributed by atoms with van der Waals surface area (Å²) in [5.41, 5.74) is 2.42. The number of aromatic nitrogens is 4. The van der Waals surface area contributed by atoms with E-state index in [0.717, 1.165) is 23.0 Å². The van der Waals surface area contributed by atoms with Gasteiger partial charge in [-0.15, -0.1) is 0 Å². The third-order valence-corrected chi connectivity index (χ3v) is 4.89. The molecule has 1 aromatic carbocycles. The molecule has 4 rings (SSSR count). The maximum absolute atomic E-state index is 12.9. The Morgan fingerprint density at radius 1 is 1.33 bits per heavy atom. The third kappa shape index (κ3) is 2.89. The highest BCUT2D eigenvalue weighted by atomic mass is 35.5. The Morgan fingerprint density at radius 3 is 2.92 bits per heavy atom. The number of halogens is 1. The van der Waals surface area contributed by atoms with Crippen LogP contribution in [0.2, 0.25) is 5.15 Å². The van der Waals surface area contributed by atoms with Gasteiger partial charge in [0.25, 0.3) is 5.91 Å². The molecule has 24 heavy (non-hydrogen) atoms. The molecule has 0 bridgehead atoms. The first-order chi connectivity index (χ1) is 11.7. The van der Waals surface area contributed by atoms with Gasteiger partial charge in [0.2, 0.25) is 0 Å². The van der Waals surface area contributed by atoms with E-state index in [1.165, 1.54) is 19.3 Å². The molecular formula is C17H18ClN5O. The largest absolute Gasteiger partial charge is 0.333 e. The number of hydrogen-bond donors (Lipinski definition) is 2. The molecule has 1 fully saturated rings. The van der Waals surface area contributed by atoms with Crippen molar-refractivity contribution in [2.24, 2.45) is 5.92 Å². The van der Waals surface area contributed by atoms with Crippen LogP contribution >= 0.6 is 11.6 Å². The first kappa shape index (κ1) is 15.2. The fourth-order valence-corrected chi connectivity index (χ4v) is 3.29. The fourth-order valence-electron chi connectivity index (χ4n) is 3.15. The Morgan fingerprint density at radius 2 is 2.21 bits per heavy atom. The Labute approximate surface area is 144 Å². The number of carbonyl (C=O) groups excluding carboxylic acids is 1. The predicted molar refractivity (Wildman–Crippen MR) is 91.8 cm³/mol. The zero-order valence-corrected chi connectivity index (χ0v) is 13.9. The Hall–Kier alpha value is -2.34. The number of carbonyl (C=O) groups is 1. The molecule has 0 saturated heterocycles. The van der Waals surface area contributed by atoms with E-state index in [9.17, 15) is 4.79 Å². The molecule has 124 valence electrons. The van der Waals surface area contributed by atoms with Gasteiger partial charge in [0, 0.05) is 24.5 Å². The lowest BCUT2D eigenvalue weighted by atomic mass is 9.85. The number of nitrogens with zero attached hydrogens (tertiary/aromatic N) is 3. The average molecular weight is 344 g/mol. The van der Waals surface area contributed by atoms with Gasteiger partial charge in [0.1, 0.15) is 5.15 Å². The summed E-state index contributed by atoms with van der Waals surface area (Å²) in [4.78, 5) is 14.7. The molecule has 0 unspecified atom stereocenters. The Kier molecular flexibility index (Phi) is 3.98. The third-order valence-electron chi connectivity index (χ3n) is 4.69. The SMILES string of the molecule is O=C(c1cc(Cl)[nH]n1)N(Cc1cccc2[nH]ncc12)CC1CCC1. The molecule has 1 aliphatic carbocycles. The summed E-state index contributed by atoms with van der Waals surface area (Å²) in [5, 5.41) is 15.1. The van der Waals surface area contributed by atoms with Gasteiger partial charge in [0.05, 0.1) is 11.7 Å². The fraction of sp³-hybridized carbons (Fsp3) is 0.353. The van der Waals surface area contributed by atoms with Gasteiger partial charge in [-0.3, -0.25) is 15.0 Å². The number of hydrogen-bond acceptors (Lipinski definition) is 3. The molecule has 0 spiro atoms. The lowest BCUT2D eigenvalue weighted by Gasteiger charge is -2.32. The smallest absolute Gasteiger partial charge is 0.274 e. The van der Waals surface area contributed by atoms with Crippen LogP contribution in [0.3, 0.4) is 0 Å². The summed E-state index contributed by atoms with van der Waals surface area (Å²) in [5.74, 6) is 0.484. The number of amides is 1. The molecule has 0 atom stereocenters. The van der Waals surface area contributed by atoms with Gasteiger partial charge < -0.3 is 4.90 Å². The van der Waals surface area contributed by atoms with Crippen LogP contribution in [0.1, 0.15) is 35.3 Å². The van der Waals surface area contributed by atoms with Crippen molar-refractivity contribution in [3.63, 3.8) is 0 Å². The highest BCUT2D eigenvalue weighted by Crippen LogP contribution is 2.29. The second-order valence-electron chi connectivity index (χ2n) is 6.33. The van der Waals surface area contributed by atoms with Crippen molar-refractivity contribution >= 4 is 28.4 Å². The first-order valence-electron chi connectivity index (χ1n) is 8.12. The topological polar surface area (TPSA) is 77.7 Å². The van der Waals surface area contributed by atoms with Gasteiger partial charge in [-0.1, -0.05) is 30.2 Å². The minimum atomic E-state index is -0.0921. The molecule has 2 N–H and O–H groups in total. The molecule has 1 amide bonds. The second-order valence-corrected chi connectivity index (χ2v) is 6.74. The average Bonchev–Trinajstić information content (AvgIpc) is 3.17. The molecule has 2 heterocycles. The van der Waals surface area contributed by atoms with Gasteiger partial charge in [0.15, 0.2) is 5.69 Å². The molecule has 1 aliphatic rings. The zero-order chi connectivity index (χ0) is 16.5. The minimum absolute atomic E-state index is 0.0921. The highest BCUT2D eigenvalue weighted by molar-refractivity contribution is 6.29. The maximum atomic E-state index is 12.9. The van der Waals surface area contributed by atoms with Crippen molar-refractivity contribution in [2.75, 3.05) is 6.54 Å². The molecule has 7 heteroatoms. The van der Waals surface area contributed by atoms with E-state index in [1.54, 1.807) is 6.07 Å². The van der Waals surface area contributed by atoms with E-state index in [-0.39, 0.29) is 5.91 Å². The van der Waals surface area contributed by atoms with Crippen molar-refractivity contribution < 1.29 is 4.79 Å². The van der Waals surface area contributed by atoms with Crippen molar-refractivity contribution in [3.05, 3.63) is 46.9 Å². The molecule has 1 saturated carbocycles. The molecule has 3 aromatic rings. The van der Waals surface area contributed by atoms with E-state index in [2.05, 4.69) is 20.4 Å². The summed E-state index contributed by atoms with van der Waals surface area (Å²) >= 11 is 5.88. The van der Waals surface area contributed by atoms with Crippen molar-refractivity contribution in [2.45, 2.75) is 25.8 Å². The monoisotopic (exact) mass is 343 g/mol. The molecule has 0 aliphatic heterocycles. The van der Waals surface area contributed by atoms with Crippen molar-refractivity contribution in [1.29, 1.82) is 0 Å². The summed E-state index contributed by atoms with van der Waals surface area (Å²) in [7, 11) is 0. The van der Waals surface area contributed by atoms with Crippen LogP contribution in [-0.2, 0) is 6.54 Å². The highest BCUT2D eigenvalue weighted by Gasteiger charge is 2.26. The quantitative estimate of drug-likeness (QED) is 0.745. The number of aromatic amines is 2. The van der Waals surface area contributed by atoms with Crippen LogP contribution in [0.5, 0.6) is 0 Å². The maximum Gasteiger partial charge on any atom is 0.274 e. The number of rotatable bonds is 5. The Bertz CT molecular complexity index is 867. The zero-order valence-electron chi connectivity index (χ0n) is 13.1. The molecule has 0 radical (unpaired) electrons. The summed E-state index contributed by atoms with van der Waals surface area (Å²) in [6.45, 7) is 1.29. The Balaban J connectivity index is 1.62. The normalized spacial score (nSPS) is 14.7. The van der Waals surface area contributed by atoms with E-state index in [0.29, 0.717) is 23.3 Å². The summed E-state index contributed by atoms with van der Waals surface area (Å²) in [6, 6.07) is 7.58. The second kappa shape index (κ2) is 6.28.